The molecule has 6 nitrogen and oxygen atoms in total. The smallest absolute Gasteiger partial charge is 0.295 e. The van der Waals surface area contributed by atoms with Gasteiger partial charge in [-0.1, -0.05) is 18.2 Å². The third kappa shape index (κ3) is 3.79. The number of para-hydroxylation sites is 1. The average molecular weight is 354 g/mol. The molecule has 0 heterocycles. The minimum atomic E-state index is -4.56. The van der Waals surface area contributed by atoms with Crippen molar-refractivity contribution in [1.82, 2.24) is 0 Å². The van der Waals surface area contributed by atoms with E-state index in [2.05, 4.69) is 0 Å². The summed E-state index contributed by atoms with van der Waals surface area (Å²) in [5.74, 6) is 0.431. The molecule has 0 aromatic heterocycles. The van der Waals surface area contributed by atoms with Gasteiger partial charge in [-0.25, -0.2) is 0 Å². The molecule has 8 heteroatoms. The van der Waals surface area contributed by atoms with Gasteiger partial charge in [-0.3, -0.25) is 4.55 Å². The van der Waals surface area contributed by atoms with E-state index in [1.54, 1.807) is 31.2 Å². The van der Waals surface area contributed by atoms with E-state index in [-0.39, 0.29) is 16.0 Å². The lowest BCUT2D eigenvalue weighted by Gasteiger charge is -2.13. The van der Waals surface area contributed by atoms with Gasteiger partial charge in [0, 0.05) is 11.1 Å². The Morgan fingerprint density at radius 3 is 2.35 bits per heavy atom. The second-order valence-corrected chi connectivity index (χ2v) is 6.91. The van der Waals surface area contributed by atoms with E-state index >= 15 is 0 Å². The van der Waals surface area contributed by atoms with Gasteiger partial charge in [0.2, 0.25) is 10.3 Å². The van der Waals surface area contributed by atoms with Gasteiger partial charge in [0.25, 0.3) is 10.1 Å². The van der Waals surface area contributed by atoms with Gasteiger partial charge in [0.05, 0.1) is 12.5 Å². The third-order valence-corrected chi connectivity index (χ3v) is 4.61. The molecule has 0 amide bonds. The summed E-state index contributed by atoms with van der Waals surface area (Å²) in [6.07, 6.45) is 0. The summed E-state index contributed by atoms with van der Waals surface area (Å²) in [4.78, 5) is -0.385. The zero-order valence-corrected chi connectivity index (χ0v) is 14.0. The van der Waals surface area contributed by atoms with Gasteiger partial charge in [-0.05, 0) is 36.2 Å². The zero-order valence-electron chi connectivity index (χ0n) is 12.3. The monoisotopic (exact) mass is 354 g/mol. The Hall–Kier alpha value is -2.16. The number of methoxy groups -OCH3 is 1. The second-order valence-electron chi connectivity index (χ2n) is 4.76. The molecule has 2 rings (SSSR count). The van der Waals surface area contributed by atoms with Crippen molar-refractivity contribution in [3.8, 4) is 16.9 Å². The SMILES string of the molecule is COc1ccccc1-c1cc(C)c(C=S(=O)=O)cc1S(=O)(=O)O. The first-order chi connectivity index (χ1) is 10.7. The molecule has 0 spiro atoms. The van der Waals surface area contributed by atoms with Crippen molar-refractivity contribution in [2.75, 3.05) is 7.11 Å². The summed E-state index contributed by atoms with van der Waals surface area (Å²) in [5, 5.41) is 0.885. The number of hydrogen-bond acceptors (Lipinski definition) is 5. The maximum Gasteiger partial charge on any atom is 0.295 e. The first kappa shape index (κ1) is 17.2. The van der Waals surface area contributed by atoms with Crippen LogP contribution in [0.3, 0.4) is 0 Å². The van der Waals surface area contributed by atoms with E-state index in [1.807, 2.05) is 0 Å². The zero-order chi connectivity index (χ0) is 17.2. The quantitative estimate of drug-likeness (QED) is 0.666. The summed E-state index contributed by atoms with van der Waals surface area (Å²) in [6.45, 7) is 1.64. The molecular weight excluding hydrogens is 340 g/mol. The molecule has 0 radical (unpaired) electrons. The van der Waals surface area contributed by atoms with Gasteiger partial charge in [0.1, 0.15) is 10.6 Å². The van der Waals surface area contributed by atoms with E-state index in [9.17, 15) is 21.4 Å². The largest absolute Gasteiger partial charge is 0.496 e. The molecule has 2 aromatic rings. The van der Waals surface area contributed by atoms with Gasteiger partial charge in [-0.15, -0.1) is 0 Å². The summed E-state index contributed by atoms with van der Waals surface area (Å²) < 4.78 is 59.9. The van der Waals surface area contributed by atoms with Crippen molar-refractivity contribution in [1.29, 1.82) is 0 Å². The molecule has 1 N–H and O–H groups in total. The topological polar surface area (TPSA) is 97.7 Å². The van der Waals surface area contributed by atoms with Crippen molar-refractivity contribution in [2.45, 2.75) is 11.8 Å². The van der Waals surface area contributed by atoms with Crippen LogP contribution in [0, 0.1) is 6.92 Å². The summed E-state index contributed by atoms with van der Waals surface area (Å²) in [7, 11) is -5.61. The Kier molecular flexibility index (Phi) is 4.88. The van der Waals surface area contributed by atoms with Gasteiger partial charge in [0.15, 0.2) is 0 Å². The summed E-state index contributed by atoms with van der Waals surface area (Å²) in [5.41, 5.74) is 1.43. The van der Waals surface area contributed by atoms with Crippen molar-refractivity contribution < 1.29 is 26.1 Å². The number of benzene rings is 2. The minimum absolute atomic E-state index is 0.185. The van der Waals surface area contributed by atoms with E-state index in [0.29, 0.717) is 16.9 Å². The van der Waals surface area contributed by atoms with Crippen LogP contribution in [-0.4, -0.2) is 33.9 Å². The van der Waals surface area contributed by atoms with Gasteiger partial charge in [-0.2, -0.15) is 16.8 Å². The van der Waals surface area contributed by atoms with Gasteiger partial charge >= 0.3 is 0 Å². The second kappa shape index (κ2) is 6.53. The van der Waals surface area contributed by atoms with E-state index in [1.165, 1.54) is 13.2 Å². The van der Waals surface area contributed by atoms with Crippen LogP contribution in [0.15, 0.2) is 41.3 Å². The molecule has 23 heavy (non-hydrogen) atoms. The van der Waals surface area contributed by atoms with Gasteiger partial charge < -0.3 is 4.74 Å². The average Bonchev–Trinajstić information content (AvgIpc) is 2.47. The van der Waals surface area contributed by atoms with E-state index < -0.39 is 20.4 Å². The molecule has 0 aliphatic rings. The molecule has 122 valence electrons. The maximum absolute atomic E-state index is 11.7. The lowest BCUT2D eigenvalue weighted by atomic mass is 9.99. The molecule has 0 saturated carbocycles. The van der Waals surface area contributed by atoms with Crippen LogP contribution in [0.25, 0.3) is 11.1 Å². The Labute approximate surface area is 135 Å². The number of hydrogen-bond donors (Lipinski definition) is 1. The van der Waals surface area contributed by atoms with Crippen LogP contribution in [0.1, 0.15) is 11.1 Å². The molecule has 0 atom stereocenters. The van der Waals surface area contributed by atoms with Crippen molar-refractivity contribution in [2.24, 2.45) is 0 Å². The highest BCUT2D eigenvalue weighted by Gasteiger charge is 2.20. The first-order valence-corrected chi connectivity index (χ1v) is 9.00. The summed E-state index contributed by atoms with van der Waals surface area (Å²) in [6, 6.07) is 9.36. The molecule has 0 aliphatic heterocycles. The Bertz CT molecular complexity index is 981. The maximum atomic E-state index is 11.7. The fraction of sp³-hybridized carbons (Fsp3) is 0.133. The van der Waals surface area contributed by atoms with Crippen LogP contribution in [-0.2, 0) is 20.4 Å². The predicted molar refractivity (Wildman–Crippen MR) is 87.1 cm³/mol. The van der Waals surface area contributed by atoms with Crippen LogP contribution < -0.4 is 4.74 Å². The van der Waals surface area contributed by atoms with Crippen molar-refractivity contribution in [3.63, 3.8) is 0 Å². The molecule has 2 aromatic carbocycles. The van der Waals surface area contributed by atoms with Crippen molar-refractivity contribution in [3.05, 3.63) is 47.5 Å². The Balaban J connectivity index is 2.89. The molecule has 0 bridgehead atoms. The van der Waals surface area contributed by atoms with Crippen LogP contribution >= 0.6 is 0 Å². The van der Waals surface area contributed by atoms with E-state index in [0.717, 1.165) is 11.4 Å². The third-order valence-electron chi connectivity index (χ3n) is 3.27. The van der Waals surface area contributed by atoms with Crippen LogP contribution in [0.4, 0.5) is 0 Å². The number of ether oxygens (including phenoxy) is 1. The fourth-order valence-electron chi connectivity index (χ4n) is 2.23. The molecule has 0 fully saturated rings. The fourth-order valence-corrected chi connectivity index (χ4v) is 3.41. The lowest BCUT2D eigenvalue weighted by molar-refractivity contribution is 0.416. The highest BCUT2D eigenvalue weighted by atomic mass is 32.2. The molecule has 0 saturated heterocycles. The highest BCUT2D eigenvalue weighted by molar-refractivity contribution is 7.86. The molecule has 0 unspecified atom stereocenters. The van der Waals surface area contributed by atoms with Crippen molar-refractivity contribution >= 4 is 25.8 Å². The predicted octanol–water partition coefficient (Wildman–Crippen LogP) is 1.95. The van der Waals surface area contributed by atoms with Crippen LogP contribution in [0.5, 0.6) is 5.75 Å². The summed E-state index contributed by atoms with van der Waals surface area (Å²) >= 11 is 0. The number of rotatable bonds is 4. The standard InChI is InChI=1S/C15H14O6S2/c1-10-7-13(12-5-3-4-6-14(12)21-2)15(23(18,19)20)8-11(10)9-22(16)17/h3-9H,1-2H3,(H,18,19,20). The highest BCUT2D eigenvalue weighted by Crippen LogP contribution is 2.35. The first-order valence-electron chi connectivity index (χ1n) is 6.42. The minimum Gasteiger partial charge on any atom is -0.496 e. The molecule has 0 aliphatic carbocycles. The Morgan fingerprint density at radius 1 is 1.13 bits per heavy atom. The normalized spacial score (nSPS) is 11.1. The Morgan fingerprint density at radius 2 is 1.78 bits per heavy atom. The molecular formula is C15H14O6S2. The van der Waals surface area contributed by atoms with Crippen LogP contribution in [0.2, 0.25) is 0 Å². The lowest BCUT2D eigenvalue weighted by Crippen LogP contribution is -2.04. The number of aryl methyl sites for hydroxylation is 1. The van der Waals surface area contributed by atoms with E-state index in [4.69, 9.17) is 4.74 Å².